The van der Waals surface area contributed by atoms with Crippen LogP contribution in [0.4, 0.5) is 0 Å². The molecule has 1 saturated heterocycles. The quantitative estimate of drug-likeness (QED) is 0.774. The molecule has 3 aliphatic rings. The van der Waals surface area contributed by atoms with Crippen LogP contribution in [-0.4, -0.2) is 41.4 Å². The number of fused-ring (bicyclic) bond motifs is 1. The molecule has 0 bridgehead atoms. The Kier molecular flexibility index (Phi) is 3.64. The predicted molar refractivity (Wildman–Crippen MR) is 102 cm³/mol. The van der Waals surface area contributed by atoms with E-state index in [0.717, 1.165) is 0 Å². The van der Waals surface area contributed by atoms with Gasteiger partial charge in [-0.2, -0.15) is 0 Å². The molecule has 2 aliphatic carbocycles. The van der Waals surface area contributed by atoms with Crippen molar-refractivity contribution in [2.24, 2.45) is 11.8 Å². The molecular formula is C23H19NO4. The lowest BCUT2D eigenvalue weighted by Crippen LogP contribution is -2.54. The number of Topliss-reactive ketones (excluding diaryl/α,β-unsaturated/α-hetero) is 3. The molecule has 1 fully saturated rings. The fourth-order valence-electron chi connectivity index (χ4n) is 5.09. The van der Waals surface area contributed by atoms with Crippen LogP contribution in [0.2, 0.25) is 0 Å². The highest BCUT2D eigenvalue weighted by Crippen LogP contribution is 2.52. The van der Waals surface area contributed by atoms with Gasteiger partial charge in [0, 0.05) is 23.6 Å². The summed E-state index contributed by atoms with van der Waals surface area (Å²) in [5.41, 5.74) is -0.595. The topological polar surface area (TPSA) is 67.6 Å². The van der Waals surface area contributed by atoms with Crippen molar-refractivity contribution >= 4 is 17.3 Å². The van der Waals surface area contributed by atoms with Crippen LogP contribution in [0.3, 0.4) is 0 Å². The second kappa shape index (κ2) is 5.97. The second-order valence-electron chi connectivity index (χ2n) is 7.65. The normalized spacial score (nSPS) is 25.9. The number of carbonyl (C=O) groups excluding carboxylic acids is 3. The van der Waals surface area contributed by atoms with Gasteiger partial charge in [0.05, 0.1) is 18.1 Å². The maximum atomic E-state index is 13.6. The van der Waals surface area contributed by atoms with E-state index in [0.29, 0.717) is 23.4 Å². The van der Waals surface area contributed by atoms with Gasteiger partial charge in [-0.25, -0.2) is 0 Å². The Morgan fingerprint density at radius 3 is 2.25 bits per heavy atom. The zero-order valence-electron chi connectivity index (χ0n) is 15.4. The van der Waals surface area contributed by atoms with Crippen LogP contribution in [0, 0.1) is 11.8 Å². The highest BCUT2D eigenvalue weighted by molar-refractivity contribution is 6.34. The number of likely N-dealkylation sites (N-methyl/N-ethyl adjacent to an activating group) is 1. The van der Waals surface area contributed by atoms with Gasteiger partial charge in [0.15, 0.2) is 17.1 Å². The molecule has 140 valence electrons. The van der Waals surface area contributed by atoms with Crippen molar-refractivity contribution < 1.29 is 18.8 Å². The average Bonchev–Trinajstić information content (AvgIpc) is 3.48. The van der Waals surface area contributed by atoms with E-state index in [2.05, 4.69) is 0 Å². The molecule has 2 atom stereocenters. The standard InChI is InChI=1S/C23H19NO4/c1-24-13-17(20(25)14-7-2-3-8-14)19(18-11-6-12-28-18)23(24)21(26)15-9-4-5-10-16(15)22(23)27/h2-12,14,17,19H,13H2,1H3/t17-,19-/m1/s1. The number of ketones is 3. The zero-order valence-corrected chi connectivity index (χ0v) is 15.4. The third-order valence-corrected chi connectivity index (χ3v) is 6.33. The number of hydrogen-bond donors (Lipinski definition) is 0. The van der Waals surface area contributed by atoms with Crippen molar-refractivity contribution in [3.8, 4) is 0 Å². The van der Waals surface area contributed by atoms with Crippen LogP contribution in [0.25, 0.3) is 0 Å². The Hall–Kier alpha value is -3.05. The first-order valence-electron chi connectivity index (χ1n) is 9.38. The highest BCUT2D eigenvalue weighted by atomic mass is 16.3. The lowest BCUT2D eigenvalue weighted by molar-refractivity contribution is -0.124. The van der Waals surface area contributed by atoms with E-state index < -0.39 is 17.4 Å². The molecule has 5 nitrogen and oxygen atoms in total. The van der Waals surface area contributed by atoms with Crippen molar-refractivity contribution in [2.75, 3.05) is 13.6 Å². The summed E-state index contributed by atoms with van der Waals surface area (Å²) in [6, 6.07) is 10.4. The Bertz CT molecular complexity index is 999. The largest absolute Gasteiger partial charge is 0.469 e. The van der Waals surface area contributed by atoms with Gasteiger partial charge in [0.1, 0.15) is 11.5 Å². The molecule has 1 aromatic carbocycles. The van der Waals surface area contributed by atoms with E-state index in [-0.39, 0.29) is 23.3 Å². The lowest BCUT2D eigenvalue weighted by atomic mass is 9.72. The summed E-state index contributed by atoms with van der Waals surface area (Å²) in [5, 5.41) is 0. The van der Waals surface area contributed by atoms with Gasteiger partial charge >= 0.3 is 0 Å². The average molecular weight is 373 g/mol. The van der Waals surface area contributed by atoms with Crippen LogP contribution in [0.1, 0.15) is 32.4 Å². The van der Waals surface area contributed by atoms with Gasteiger partial charge in [-0.3, -0.25) is 19.3 Å². The van der Waals surface area contributed by atoms with E-state index in [1.807, 2.05) is 24.3 Å². The van der Waals surface area contributed by atoms with Crippen molar-refractivity contribution in [1.82, 2.24) is 4.90 Å². The van der Waals surface area contributed by atoms with Crippen molar-refractivity contribution in [2.45, 2.75) is 11.5 Å². The molecule has 0 saturated carbocycles. The number of furan rings is 1. The smallest absolute Gasteiger partial charge is 0.192 e. The molecule has 1 spiro atoms. The summed E-state index contributed by atoms with van der Waals surface area (Å²) in [7, 11) is 1.76. The number of likely N-dealkylation sites (tertiary alicyclic amines) is 1. The van der Waals surface area contributed by atoms with Gasteiger partial charge in [-0.05, 0) is 19.2 Å². The summed E-state index contributed by atoms with van der Waals surface area (Å²) < 4.78 is 5.67. The summed E-state index contributed by atoms with van der Waals surface area (Å²) in [6.45, 7) is 0.327. The molecule has 5 rings (SSSR count). The van der Waals surface area contributed by atoms with Crippen LogP contribution in [-0.2, 0) is 4.79 Å². The van der Waals surface area contributed by atoms with Gasteiger partial charge in [0.2, 0.25) is 0 Å². The number of allylic oxidation sites excluding steroid dienone is 4. The highest BCUT2D eigenvalue weighted by Gasteiger charge is 2.68. The minimum absolute atomic E-state index is 0.00619. The summed E-state index contributed by atoms with van der Waals surface area (Å²) in [6.07, 6.45) is 8.91. The second-order valence-corrected chi connectivity index (χ2v) is 7.65. The molecule has 1 aromatic heterocycles. The molecule has 0 unspecified atom stereocenters. The minimum atomic E-state index is -1.44. The molecule has 28 heavy (non-hydrogen) atoms. The first-order valence-corrected chi connectivity index (χ1v) is 9.38. The maximum Gasteiger partial charge on any atom is 0.192 e. The van der Waals surface area contributed by atoms with Crippen molar-refractivity contribution in [3.63, 3.8) is 0 Å². The molecular weight excluding hydrogens is 354 g/mol. The van der Waals surface area contributed by atoms with E-state index >= 15 is 0 Å². The zero-order chi connectivity index (χ0) is 19.5. The number of rotatable bonds is 3. The van der Waals surface area contributed by atoms with Gasteiger partial charge < -0.3 is 4.42 Å². The molecule has 2 heterocycles. The lowest BCUT2D eigenvalue weighted by Gasteiger charge is -2.33. The molecule has 1 aliphatic heterocycles. The summed E-state index contributed by atoms with van der Waals surface area (Å²) >= 11 is 0. The molecule has 2 aromatic rings. The van der Waals surface area contributed by atoms with Crippen molar-refractivity contribution in [1.29, 1.82) is 0 Å². The van der Waals surface area contributed by atoms with Gasteiger partial charge in [-0.15, -0.1) is 0 Å². The Morgan fingerprint density at radius 2 is 1.68 bits per heavy atom. The van der Waals surface area contributed by atoms with Gasteiger partial charge in [-0.1, -0.05) is 48.6 Å². The number of carbonyl (C=O) groups is 3. The summed E-state index contributed by atoms with van der Waals surface area (Å²) in [5.74, 6) is -1.49. The fourth-order valence-corrected chi connectivity index (χ4v) is 5.09. The Balaban J connectivity index is 1.68. The minimum Gasteiger partial charge on any atom is -0.469 e. The van der Waals surface area contributed by atoms with E-state index in [1.165, 1.54) is 6.26 Å². The maximum absolute atomic E-state index is 13.6. The Morgan fingerprint density at radius 1 is 1.04 bits per heavy atom. The van der Waals surface area contributed by atoms with Crippen LogP contribution in [0.15, 0.2) is 71.4 Å². The Labute approximate surface area is 162 Å². The number of hydrogen-bond acceptors (Lipinski definition) is 5. The fraction of sp³-hybridized carbons (Fsp3) is 0.261. The summed E-state index contributed by atoms with van der Waals surface area (Å²) in [4.78, 5) is 42.3. The predicted octanol–water partition coefficient (Wildman–Crippen LogP) is 3.05. The van der Waals surface area contributed by atoms with Crippen LogP contribution >= 0.6 is 0 Å². The van der Waals surface area contributed by atoms with E-state index in [1.54, 1.807) is 48.3 Å². The molecule has 0 amide bonds. The first kappa shape index (κ1) is 17.1. The molecule has 0 N–H and O–H groups in total. The third-order valence-electron chi connectivity index (χ3n) is 6.33. The SMILES string of the molecule is CN1C[C@@H](C(=O)C2C=CC=C2)[C@H](c2ccco2)C12C(=O)c1ccccc1C2=O. The van der Waals surface area contributed by atoms with E-state index in [4.69, 9.17) is 4.42 Å². The van der Waals surface area contributed by atoms with Gasteiger partial charge in [0.25, 0.3) is 0 Å². The first-order chi connectivity index (χ1) is 13.6. The van der Waals surface area contributed by atoms with E-state index in [9.17, 15) is 14.4 Å². The van der Waals surface area contributed by atoms with Crippen LogP contribution < -0.4 is 0 Å². The molecule has 5 heteroatoms. The molecule has 0 radical (unpaired) electrons. The number of nitrogens with zero attached hydrogens (tertiary/aromatic N) is 1. The monoisotopic (exact) mass is 373 g/mol. The number of benzene rings is 1. The van der Waals surface area contributed by atoms with Crippen LogP contribution in [0.5, 0.6) is 0 Å². The van der Waals surface area contributed by atoms with Crippen molar-refractivity contribution in [3.05, 3.63) is 83.9 Å². The third kappa shape index (κ3) is 2.02.